The van der Waals surface area contributed by atoms with E-state index < -0.39 is 0 Å². The highest BCUT2D eigenvalue weighted by Gasteiger charge is 2.72. The van der Waals surface area contributed by atoms with Crippen LogP contribution in [0.1, 0.15) is 44.1 Å². The number of benzene rings is 1. The Hall–Kier alpha value is -1.26. The Morgan fingerprint density at radius 3 is 2.96 bits per heavy atom. The van der Waals surface area contributed by atoms with Gasteiger partial charge in [-0.2, -0.15) is 0 Å². The second kappa shape index (κ2) is 5.64. The fraction of sp³-hybridized carbons (Fsp3) is 0.739. The molecule has 0 aromatic heterocycles. The van der Waals surface area contributed by atoms with Gasteiger partial charge < -0.3 is 19.5 Å². The minimum atomic E-state index is 0.0610. The summed E-state index contributed by atoms with van der Waals surface area (Å²) in [6.07, 6.45) is 8.00. The van der Waals surface area contributed by atoms with Crippen molar-refractivity contribution in [2.45, 2.75) is 50.0 Å². The summed E-state index contributed by atoms with van der Waals surface area (Å²) < 4.78 is 12.3. The summed E-state index contributed by atoms with van der Waals surface area (Å²) in [4.78, 5) is 2.76. The molecule has 7 rings (SSSR count). The van der Waals surface area contributed by atoms with Crippen molar-refractivity contribution in [3.05, 3.63) is 23.8 Å². The smallest absolute Gasteiger partial charge is 0.165 e. The van der Waals surface area contributed by atoms with Gasteiger partial charge in [0.1, 0.15) is 6.10 Å². The van der Waals surface area contributed by atoms with Crippen LogP contribution in [-0.2, 0) is 10.2 Å². The summed E-state index contributed by atoms with van der Waals surface area (Å²) >= 11 is 0. The third-order valence-electron chi connectivity index (χ3n) is 8.76. The van der Waals surface area contributed by atoms with E-state index in [1.54, 1.807) is 6.07 Å². The van der Waals surface area contributed by atoms with Crippen molar-refractivity contribution in [3.8, 4) is 11.5 Å². The summed E-state index contributed by atoms with van der Waals surface area (Å²) in [5.74, 6) is 3.23. The van der Waals surface area contributed by atoms with Crippen LogP contribution < -0.4 is 4.74 Å². The van der Waals surface area contributed by atoms with Gasteiger partial charge in [0.2, 0.25) is 0 Å². The lowest BCUT2D eigenvalue weighted by atomic mass is 9.39. The summed E-state index contributed by atoms with van der Waals surface area (Å²) in [7, 11) is 1.86. The van der Waals surface area contributed by atoms with Gasteiger partial charge in [-0.1, -0.05) is 12.1 Å². The number of methoxy groups -OCH3 is 1. The first-order valence-corrected chi connectivity index (χ1v) is 10.9. The van der Waals surface area contributed by atoms with E-state index in [2.05, 4.69) is 11.0 Å². The van der Waals surface area contributed by atoms with Crippen molar-refractivity contribution >= 4 is 0 Å². The van der Waals surface area contributed by atoms with Crippen LogP contribution in [0.15, 0.2) is 18.2 Å². The molecular weight excluding hydrogens is 338 g/mol. The molecule has 0 amide bonds. The Balaban J connectivity index is 1.49. The maximum atomic E-state index is 10.5. The Morgan fingerprint density at radius 2 is 2.15 bits per heavy atom. The third kappa shape index (κ3) is 2.06. The quantitative estimate of drug-likeness (QED) is 0.881. The molecule has 1 aromatic carbocycles. The molecule has 5 fully saturated rings. The maximum absolute atomic E-state index is 10.5. The Kier molecular flexibility index (Phi) is 3.48. The number of phenolic OH excluding ortho intramolecular Hbond substituents is 1. The number of rotatable bonds is 4. The number of nitrogens with zero attached hydrogens (tertiary/aromatic N) is 1. The molecule has 4 nitrogen and oxygen atoms in total. The molecule has 1 saturated heterocycles. The molecule has 0 radical (unpaired) electrons. The molecule has 146 valence electrons. The highest BCUT2D eigenvalue weighted by Crippen LogP contribution is 2.71. The molecule has 5 atom stereocenters. The molecule has 27 heavy (non-hydrogen) atoms. The first-order chi connectivity index (χ1) is 13.2. The lowest BCUT2D eigenvalue weighted by molar-refractivity contribution is -0.188. The van der Waals surface area contributed by atoms with Crippen molar-refractivity contribution in [2.24, 2.45) is 23.2 Å². The number of phenols is 1. The standard InChI is InChI=1S/C23H31NO3/c1-26-13-17-11-16-7-8-22(17)14-24(12-15-5-6-15)10-9-23(22)18-3-2-4-19(25)20(18)27-21(16)23/h2-4,15-17,21,25H,5-14H2,1H3. The van der Waals surface area contributed by atoms with Crippen LogP contribution in [0.5, 0.6) is 11.5 Å². The molecule has 5 unspecified atom stereocenters. The number of para-hydroxylation sites is 1. The molecule has 2 spiro atoms. The van der Waals surface area contributed by atoms with Gasteiger partial charge in [0.25, 0.3) is 0 Å². The van der Waals surface area contributed by atoms with Gasteiger partial charge >= 0.3 is 0 Å². The fourth-order valence-corrected chi connectivity index (χ4v) is 7.59. The number of hydrogen-bond acceptors (Lipinski definition) is 4. The van der Waals surface area contributed by atoms with E-state index in [1.165, 1.54) is 57.3 Å². The van der Waals surface area contributed by atoms with Gasteiger partial charge in [-0.05, 0) is 68.9 Å². The highest BCUT2D eigenvalue weighted by molar-refractivity contribution is 5.56. The summed E-state index contributed by atoms with van der Waals surface area (Å²) in [5.41, 5.74) is 1.57. The number of aromatic hydroxyl groups is 1. The first-order valence-electron chi connectivity index (χ1n) is 10.9. The topological polar surface area (TPSA) is 41.9 Å². The SMILES string of the molecule is COCC1CC2CCC13CN(CC1CC1)CCC31c3cccc(O)c3OC21. The largest absolute Gasteiger partial charge is 0.504 e. The number of likely N-dealkylation sites (tertiary alicyclic amines) is 1. The summed E-state index contributed by atoms with van der Waals surface area (Å²) in [5, 5.41) is 10.5. The second-order valence-electron chi connectivity index (χ2n) is 9.93. The zero-order chi connectivity index (χ0) is 18.2. The van der Waals surface area contributed by atoms with Crippen LogP contribution in [0.2, 0.25) is 0 Å². The number of hydrogen-bond donors (Lipinski definition) is 1. The van der Waals surface area contributed by atoms with E-state index >= 15 is 0 Å². The van der Waals surface area contributed by atoms with Crippen molar-refractivity contribution < 1.29 is 14.6 Å². The molecule has 4 saturated carbocycles. The third-order valence-corrected chi connectivity index (χ3v) is 8.76. The number of piperidine rings is 1. The molecule has 2 bridgehead atoms. The molecule has 1 N–H and O–H groups in total. The fourth-order valence-electron chi connectivity index (χ4n) is 7.59. The van der Waals surface area contributed by atoms with Crippen LogP contribution in [0.4, 0.5) is 0 Å². The zero-order valence-corrected chi connectivity index (χ0v) is 16.3. The maximum Gasteiger partial charge on any atom is 0.165 e. The second-order valence-corrected chi connectivity index (χ2v) is 9.93. The summed E-state index contributed by atoms with van der Waals surface area (Å²) in [6, 6.07) is 6.06. The normalized spacial score (nSPS) is 42.3. The van der Waals surface area contributed by atoms with E-state index in [1.807, 2.05) is 13.2 Å². The summed E-state index contributed by atoms with van der Waals surface area (Å²) in [6.45, 7) is 4.48. The van der Waals surface area contributed by atoms with Gasteiger partial charge in [0.05, 0.1) is 0 Å². The molecular formula is C23H31NO3. The Morgan fingerprint density at radius 1 is 1.26 bits per heavy atom. The minimum Gasteiger partial charge on any atom is -0.504 e. The predicted molar refractivity (Wildman–Crippen MR) is 103 cm³/mol. The van der Waals surface area contributed by atoms with Gasteiger partial charge in [-0.15, -0.1) is 0 Å². The van der Waals surface area contributed by atoms with Crippen molar-refractivity contribution in [2.75, 3.05) is 33.4 Å². The minimum absolute atomic E-state index is 0.0610. The van der Waals surface area contributed by atoms with Gasteiger partial charge in [0, 0.05) is 43.2 Å². The van der Waals surface area contributed by atoms with E-state index in [0.717, 1.165) is 24.7 Å². The highest BCUT2D eigenvalue weighted by atomic mass is 16.5. The average molecular weight is 370 g/mol. The lowest BCUT2D eigenvalue weighted by Gasteiger charge is -2.67. The molecule has 6 aliphatic rings. The monoisotopic (exact) mass is 369 g/mol. The molecule has 2 aliphatic heterocycles. The lowest BCUT2D eigenvalue weighted by Crippen LogP contribution is -2.72. The van der Waals surface area contributed by atoms with Crippen LogP contribution >= 0.6 is 0 Å². The van der Waals surface area contributed by atoms with Crippen molar-refractivity contribution in [1.82, 2.24) is 4.90 Å². The molecule has 4 aliphatic carbocycles. The van der Waals surface area contributed by atoms with Crippen molar-refractivity contribution in [3.63, 3.8) is 0 Å². The first kappa shape index (κ1) is 16.7. The number of ether oxygens (including phenoxy) is 2. The molecule has 2 heterocycles. The van der Waals surface area contributed by atoms with Crippen molar-refractivity contribution in [1.29, 1.82) is 0 Å². The molecule has 4 heteroatoms. The van der Waals surface area contributed by atoms with Gasteiger partial charge in [0.15, 0.2) is 11.5 Å². The van der Waals surface area contributed by atoms with E-state index in [0.29, 0.717) is 17.6 Å². The van der Waals surface area contributed by atoms with E-state index in [-0.39, 0.29) is 16.9 Å². The van der Waals surface area contributed by atoms with Crippen LogP contribution in [0.3, 0.4) is 0 Å². The van der Waals surface area contributed by atoms with E-state index in [9.17, 15) is 5.11 Å². The Labute approximate surface area is 161 Å². The van der Waals surface area contributed by atoms with Gasteiger partial charge in [-0.3, -0.25) is 0 Å². The van der Waals surface area contributed by atoms with Crippen LogP contribution in [-0.4, -0.2) is 49.5 Å². The Bertz CT molecular complexity index is 762. The van der Waals surface area contributed by atoms with Crippen LogP contribution in [0, 0.1) is 23.2 Å². The van der Waals surface area contributed by atoms with E-state index in [4.69, 9.17) is 9.47 Å². The van der Waals surface area contributed by atoms with Gasteiger partial charge in [-0.25, -0.2) is 0 Å². The van der Waals surface area contributed by atoms with Crippen LogP contribution in [0.25, 0.3) is 0 Å². The zero-order valence-electron chi connectivity index (χ0n) is 16.3. The number of fused-ring (bicyclic) bond motifs is 3. The molecule has 1 aromatic rings. The average Bonchev–Trinajstić information content (AvgIpc) is 3.41. The predicted octanol–water partition coefficient (Wildman–Crippen LogP) is 3.57.